The van der Waals surface area contributed by atoms with E-state index in [0.717, 1.165) is 55.0 Å². The van der Waals surface area contributed by atoms with Crippen molar-refractivity contribution >= 4 is 98.3 Å². The van der Waals surface area contributed by atoms with Crippen LogP contribution in [0.1, 0.15) is 0 Å². The van der Waals surface area contributed by atoms with E-state index in [1.54, 1.807) is 0 Å². The van der Waals surface area contributed by atoms with Crippen LogP contribution in [0, 0.1) is 0 Å². The fourth-order valence-corrected chi connectivity index (χ4v) is 9.01. The van der Waals surface area contributed by atoms with E-state index >= 15 is 0 Å². The molecule has 0 N–H and O–H groups in total. The van der Waals surface area contributed by atoms with Gasteiger partial charge in [-0.1, -0.05) is 60.7 Å². The van der Waals surface area contributed by atoms with E-state index in [-0.39, 0.29) is 0 Å². The SMILES string of the molecule is Cn1c2ccccc2c2cc(-c3ccc4c(c3)oc3ccc5c(ccc6oc7cc(-c8ccc9c(c8)c8ccccc8n9C)ccc7c65)c34)ccc21. The number of hydrogen-bond acceptors (Lipinski definition) is 2. The first kappa shape index (κ1) is 28.0. The number of aryl methyl sites for hydroxylation is 2. The Labute approximate surface area is 297 Å². The monoisotopic (exact) mass is 666 g/mol. The van der Waals surface area contributed by atoms with Crippen molar-refractivity contribution in [1.82, 2.24) is 9.13 Å². The minimum Gasteiger partial charge on any atom is -0.456 e. The molecular weight excluding hydrogens is 637 g/mol. The van der Waals surface area contributed by atoms with Gasteiger partial charge in [0.1, 0.15) is 22.3 Å². The molecule has 0 aliphatic heterocycles. The molecule has 4 heterocycles. The fraction of sp³-hybridized carbons (Fsp3) is 0.0417. The molecule has 0 aliphatic rings. The van der Waals surface area contributed by atoms with E-state index in [1.807, 2.05) is 0 Å². The zero-order valence-electron chi connectivity index (χ0n) is 28.6. The Hall–Kier alpha value is -6.78. The van der Waals surface area contributed by atoms with E-state index in [2.05, 4.69) is 169 Å². The maximum absolute atomic E-state index is 6.56. The van der Waals surface area contributed by atoms with Gasteiger partial charge in [-0.3, -0.25) is 0 Å². The second-order valence-corrected chi connectivity index (χ2v) is 14.2. The number of nitrogens with zero attached hydrogens (tertiary/aromatic N) is 2. The van der Waals surface area contributed by atoms with Gasteiger partial charge < -0.3 is 18.0 Å². The molecular formula is C48H30N2O2. The van der Waals surface area contributed by atoms with Gasteiger partial charge in [0.15, 0.2) is 0 Å². The molecule has 0 spiro atoms. The summed E-state index contributed by atoms with van der Waals surface area (Å²) in [6.07, 6.45) is 0. The number of rotatable bonds is 2. The van der Waals surface area contributed by atoms with Gasteiger partial charge >= 0.3 is 0 Å². The molecule has 0 amide bonds. The lowest BCUT2D eigenvalue weighted by atomic mass is 9.97. The lowest BCUT2D eigenvalue weighted by molar-refractivity contribution is 0.668. The quantitative estimate of drug-likeness (QED) is 0.184. The van der Waals surface area contributed by atoms with E-state index in [1.165, 1.54) is 65.5 Å². The molecule has 0 fully saturated rings. The largest absolute Gasteiger partial charge is 0.456 e. The normalized spacial score (nSPS) is 12.4. The highest BCUT2D eigenvalue weighted by Gasteiger charge is 2.18. The summed E-state index contributed by atoms with van der Waals surface area (Å²) < 4.78 is 17.7. The van der Waals surface area contributed by atoms with Crippen LogP contribution in [-0.4, -0.2) is 9.13 Å². The van der Waals surface area contributed by atoms with Gasteiger partial charge in [-0.2, -0.15) is 0 Å². The van der Waals surface area contributed by atoms with Crippen molar-refractivity contribution in [3.8, 4) is 22.3 Å². The first-order valence-corrected chi connectivity index (χ1v) is 17.8. The van der Waals surface area contributed by atoms with Crippen LogP contribution < -0.4 is 0 Å². The molecule has 0 atom stereocenters. The zero-order valence-corrected chi connectivity index (χ0v) is 28.6. The van der Waals surface area contributed by atoms with Gasteiger partial charge in [-0.05, 0) is 118 Å². The predicted molar refractivity (Wildman–Crippen MR) is 217 cm³/mol. The first-order chi connectivity index (χ1) is 25.6. The van der Waals surface area contributed by atoms with Gasteiger partial charge in [0.05, 0.1) is 0 Å². The Morgan fingerprint density at radius 3 is 1.17 bits per heavy atom. The molecule has 244 valence electrons. The summed E-state index contributed by atoms with van der Waals surface area (Å²) in [6.45, 7) is 0. The van der Waals surface area contributed by atoms with Crippen molar-refractivity contribution in [2.24, 2.45) is 14.1 Å². The Balaban J connectivity index is 0.990. The molecule has 12 rings (SSSR count). The molecule has 0 saturated heterocycles. The van der Waals surface area contributed by atoms with Gasteiger partial charge in [-0.25, -0.2) is 0 Å². The Bertz CT molecular complexity index is 3260. The van der Waals surface area contributed by atoms with E-state index in [9.17, 15) is 0 Å². The molecule has 0 radical (unpaired) electrons. The second-order valence-electron chi connectivity index (χ2n) is 14.2. The first-order valence-electron chi connectivity index (χ1n) is 17.8. The molecule has 0 saturated carbocycles. The smallest absolute Gasteiger partial charge is 0.136 e. The van der Waals surface area contributed by atoms with Gasteiger partial charge in [0, 0.05) is 79.3 Å². The van der Waals surface area contributed by atoms with Crippen LogP contribution in [-0.2, 0) is 14.1 Å². The third-order valence-corrected chi connectivity index (χ3v) is 11.6. The summed E-state index contributed by atoms with van der Waals surface area (Å²) in [7, 11) is 4.28. The highest BCUT2D eigenvalue weighted by Crippen LogP contribution is 2.43. The van der Waals surface area contributed by atoms with Crippen LogP contribution in [0.5, 0.6) is 0 Å². The molecule has 8 aromatic carbocycles. The third kappa shape index (κ3) is 3.65. The summed E-state index contributed by atoms with van der Waals surface area (Å²) in [5.74, 6) is 0. The van der Waals surface area contributed by atoms with E-state index in [0.29, 0.717) is 0 Å². The highest BCUT2D eigenvalue weighted by atomic mass is 16.3. The minimum absolute atomic E-state index is 0.891. The number of fused-ring (bicyclic) bond motifs is 15. The standard InChI is InChI=1S/C48H30N2O2/c1-49-39-9-5-3-7-31(39)37-23-27(13-19-41(37)49)29-11-15-35-45(25-29)51-43-21-17-34-33(47(35)43)18-22-44-48(34)36-16-12-30(26-46(36)52-44)28-14-20-42-38(24-28)32-8-4-6-10-40(32)50(42)2/h3-26H,1-2H3. The van der Waals surface area contributed by atoms with Crippen LogP contribution in [0.25, 0.3) is 121 Å². The van der Waals surface area contributed by atoms with Crippen LogP contribution in [0.15, 0.2) is 154 Å². The molecule has 0 bridgehead atoms. The van der Waals surface area contributed by atoms with Crippen molar-refractivity contribution in [2.75, 3.05) is 0 Å². The Morgan fingerprint density at radius 1 is 0.308 bits per heavy atom. The summed E-state index contributed by atoms with van der Waals surface area (Å²) >= 11 is 0. The number of para-hydroxylation sites is 2. The zero-order chi connectivity index (χ0) is 34.2. The van der Waals surface area contributed by atoms with Gasteiger partial charge in [0.25, 0.3) is 0 Å². The molecule has 4 aromatic heterocycles. The van der Waals surface area contributed by atoms with E-state index < -0.39 is 0 Å². The maximum Gasteiger partial charge on any atom is 0.136 e. The number of aromatic nitrogens is 2. The van der Waals surface area contributed by atoms with Crippen LogP contribution in [0.2, 0.25) is 0 Å². The molecule has 4 nitrogen and oxygen atoms in total. The predicted octanol–water partition coefficient (Wildman–Crippen LogP) is 13.3. The highest BCUT2D eigenvalue weighted by molar-refractivity contribution is 6.27. The van der Waals surface area contributed by atoms with E-state index in [4.69, 9.17) is 8.83 Å². The number of benzene rings is 8. The molecule has 12 aromatic rings. The third-order valence-electron chi connectivity index (χ3n) is 11.6. The van der Waals surface area contributed by atoms with Crippen LogP contribution in [0.3, 0.4) is 0 Å². The molecule has 0 unspecified atom stereocenters. The fourth-order valence-electron chi connectivity index (χ4n) is 9.01. The van der Waals surface area contributed by atoms with Crippen LogP contribution in [0.4, 0.5) is 0 Å². The number of hydrogen-bond donors (Lipinski definition) is 0. The van der Waals surface area contributed by atoms with Crippen molar-refractivity contribution in [3.63, 3.8) is 0 Å². The van der Waals surface area contributed by atoms with Crippen molar-refractivity contribution < 1.29 is 8.83 Å². The maximum atomic E-state index is 6.56. The summed E-state index contributed by atoms with van der Waals surface area (Å²) in [5, 5.41) is 11.9. The van der Waals surface area contributed by atoms with Gasteiger partial charge in [-0.15, -0.1) is 0 Å². The molecule has 52 heavy (non-hydrogen) atoms. The van der Waals surface area contributed by atoms with Gasteiger partial charge in [0.2, 0.25) is 0 Å². The average molecular weight is 667 g/mol. The Morgan fingerprint density at radius 2 is 0.692 bits per heavy atom. The van der Waals surface area contributed by atoms with Crippen LogP contribution >= 0.6 is 0 Å². The summed E-state index contributed by atoms with van der Waals surface area (Å²) in [4.78, 5) is 0. The Kier molecular flexibility index (Phi) is 5.34. The van der Waals surface area contributed by atoms with Crippen molar-refractivity contribution in [2.45, 2.75) is 0 Å². The minimum atomic E-state index is 0.891. The summed E-state index contributed by atoms with van der Waals surface area (Å²) in [5.41, 5.74) is 13.2. The average Bonchev–Trinajstić information content (AvgIpc) is 3.92. The second kappa shape index (κ2) is 9.93. The topological polar surface area (TPSA) is 36.1 Å². The van der Waals surface area contributed by atoms with Crippen molar-refractivity contribution in [3.05, 3.63) is 146 Å². The number of furan rings is 2. The molecule has 0 aliphatic carbocycles. The lowest BCUT2D eigenvalue weighted by Crippen LogP contribution is -1.86. The molecule has 4 heteroatoms. The summed E-state index contributed by atoms with van der Waals surface area (Å²) in [6, 6.07) is 52.6. The lowest BCUT2D eigenvalue weighted by Gasteiger charge is -2.05. The van der Waals surface area contributed by atoms with Crippen molar-refractivity contribution in [1.29, 1.82) is 0 Å².